The molecule has 2 aromatic rings. The molecular weight excluding hydrogens is 303 g/mol. The van der Waals surface area contributed by atoms with Gasteiger partial charge in [0.05, 0.1) is 0 Å². The van der Waals surface area contributed by atoms with Gasteiger partial charge < -0.3 is 29.7 Å². The Hall–Kier alpha value is -1.17. The van der Waals surface area contributed by atoms with Gasteiger partial charge in [-0.05, 0) is 12.1 Å². The lowest BCUT2D eigenvalue weighted by Crippen LogP contribution is -3.00. The molecule has 1 heterocycles. The minimum absolute atomic E-state index is 0. The van der Waals surface area contributed by atoms with E-state index in [0.717, 1.165) is 10.9 Å². The molecule has 0 radical (unpaired) electrons. The average Bonchev–Trinajstić information content (AvgIpc) is 2.17. The minimum Gasteiger partial charge on any atom is -1.00 e. The minimum atomic E-state index is -0.397. The maximum absolute atomic E-state index is 11.0. The summed E-state index contributed by atoms with van der Waals surface area (Å²) in [5.74, 6) is -0.397. The number of primary amides is 1. The van der Waals surface area contributed by atoms with Gasteiger partial charge in [0, 0.05) is 11.5 Å². The van der Waals surface area contributed by atoms with Gasteiger partial charge in [-0.15, -0.1) is 0 Å². The first-order valence-corrected chi connectivity index (χ1v) is 4.37. The molecule has 0 atom stereocenters. The Balaban J connectivity index is 0.00000112. The standard InChI is InChI=1S/C11H10N2O.HI/c1-13-7-9(11(12)14)6-8-4-2-3-5-10(8)13;/h2-7H,1H3,(H-,12,14);1H. The van der Waals surface area contributed by atoms with Crippen molar-refractivity contribution >= 4 is 16.8 Å². The predicted octanol–water partition coefficient (Wildman–Crippen LogP) is -2.23. The summed E-state index contributed by atoms with van der Waals surface area (Å²) in [6, 6.07) is 9.67. The number of aryl methyl sites for hydroxylation is 1. The number of benzene rings is 1. The second-order valence-corrected chi connectivity index (χ2v) is 3.26. The van der Waals surface area contributed by atoms with Gasteiger partial charge in [-0.1, -0.05) is 12.1 Å². The number of para-hydroxylation sites is 1. The number of nitrogens with two attached hydrogens (primary N) is 1. The lowest BCUT2D eigenvalue weighted by atomic mass is 10.1. The van der Waals surface area contributed by atoms with Crippen LogP contribution in [0.25, 0.3) is 10.9 Å². The Kier molecular flexibility index (Phi) is 3.62. The first kappa shape index (κ1) is 11.9. The van der Waals surface area contributed by atoms with Crippen molar-refractivity contribution in [2.45, 2.75) is 0 Å². The van der Waals surface area contributed by atoms with E-state index in [-0.39, 0.29) is 24.0 Å². The van der Waals surface area contributed by atoms with Gasteiger partial charge >= 0.3 is 0 Å². The van der Waals surface area contributed by atoms with E-state index in [1.807, 2.05) is 35.9 Å². The number of rotatable bonds is 1. The molecule has 1 amide bonds. The maximum Gasteiger partial charge on any atom is 0.254 e. The molecule has 0 fully saturated rings. The third-order valence-electron chi connectivity index (χ3n) is 2.24. The molecule has 78 valence electrons. The molecule has 1 aromatic heterocycles. The van der Waals surface area contributed by atoms with Crippen molar-refractivity contribution in [2.75, 3.05) is 0 Å². The van der Waals surface area contributed by atoms with E-state index in [1.54, 1.807) is 12.3 Å². The van der Waals surface area contributed by atoms with Gasteiger partial charge in [-0.25, -0.2) is 4.57 Å². The van der Waals surface area contributed by atoms with Crippen molar-refractivity contribution in [3.63, 3.8) is 0 Å². The molecule has 1 aromatic carbocycles. The van der Waals surface area contributed by atoms with Gasteiger partial charge in [0.15, 0.2) is 6.20 Å². The number of nitrogens with zero attached hydrogens (tertiary/aromatic N) is 1. The third-order valence-corrected chi connectivity index (χ3v) is 2.24. The lowest BCUT2D eigenvalue weighted by molar-refractivity contribution is -0.645. The molecule has 15 heavy (non-hydrogen) atoms. The molecule has 0 aliphatic rings. The van der Waals surface area contributed by atoms with Crippen LogP contribution in [0.15, 0.2) is 36.5 Å². The molecule has 0 aliphatic carbocycles. The van der Waals surface area contributed by atoms with Gasteiger partial charge in [0.25, 0.3) is 5.91 Å². The van der Waals surface area contributed by atoms with Crippen molar-refractivity contribution in [3.05, 3.63) is 42.1 Å². The van der Waals surface area contributed by atoms with Crippen molar-refractivity contribution < 1.29 is 33.3 Å². The lowest BCUT2D eigenvalue weighted by Gasteiger charge is -1.98. The second-order valence-electron chi connectivity index (χ2n) is 3.26. The van der Waals surface area contributed by atoms with Crippen molar-refractivity contribution in [1.82, 2.24) is 0 Å². The average molecular weight is 314 g/mol. The molecule has 0 bridgehead atoms. The summed E-state index contributed by atoms with van der Waals surface area (Å²) in [6.45, 7) is 0. The van der Waals surface area contributed by atoms with Crippen LogP contribution in [0.5, 0.6) is 0 Å². The van der Waals surface area contributed by atoms with E-state index in [4.69, 9.17) is 5.73 Å². The highest BCUT2D eigenvalue weighted by Crippen LogP contribution is 2.10. The van der Waals surface area contributed by atoms with Crippen LogP contribution in [0, 0.1) is 0 Å². The highest BCUT2D eigenvalue weighted by molar-refractivity contribution is 5.95. The highest BCUT2D eigenvalue weighted by Gasteiger charge is 2.09. The SMILES string of the molecule is C[n+]1cc(C(N)=O)cc2ccccc21.[I-]. The van der Waals surface area contributed by atoms with Crippen LogP contribution in [0.2, 0.25) is 0 Å². The number of halogens is 1. The van der Waals surface area contributed by atoms with Crippen LogP contribution in [0.4, 0.5) is 0 Å². The fourth-order valence-electron chi connectivity index (χ4n) is 1.55. The molecular formula is C11H11IN2O. The molecule has 2 N–H and O–H groups in total. The molecule has 0 aliphatic heterocycles. The van der Waals surface area contributed by atoms with E-state index in [9.17, 15) is 4.79 Å². The van der Waals surface area contributed by atoms with Crippen molar-refractivity contribution in [2.24, 2.45) is 12.8 Å². The summed E-state index contributed by atoms with van der Waals surface area (Å²) in [7, 11) is 1.90. The van der Waals surface area contributed by atoms with Gasteiger partial charge in [-0.3, -0.25) is 4.79 Å². The molecule has 0 spiro atoms. The zero-order chi connectivity index (χ0) is 10.1. The number of pyridine rings is 1. The summed E-state index contributed by atoms with van der Waals surface area (Å²) in [6.07, 6.45) is 1.74. The zero-order valence-electron chi connectivity index (χ0n) is 8.27. The molecule has 4 heteroatoms. The Labute approximate surface area is 105 Å². The van der Waals surface area contributed by atoms with Crippen molar-refractivity contribution in [3.8, 4) is 0 Å². The van der Waals surface area contributed by atoms with Crippen LogP contribution in [-0.4, -0.2) is 5.91 Å². The molecule has 3 nitrogen and oxygen atoms in total. The summed E-state index contributed by atoms with van der Waals surface area (Å²) in [5, 5.41) is 1.02. The second kappa shape index (κ2) is 4.57. The Morgan fingerprint density at radius 1 is 1.33 bits per heavy atom. The Morgan fingerprint density at radius 2 is 2.00 bits per heavy atom. The summed E-state index contributed by atoms with van der Waals surface area (Å²) < 4.78 is 1.90. The maximum atomic E-state index is 11.0. The fraction of sp³-hybridized carbons (Fsp3) is 0.0909. The molecule has 0 saturated carbocycles. The van der Waals surface area contributed by atoms with E-state index < -0.39 is 5.91 Å². The summed E-state index contributed by atoms with van der Waals surface area (Å²) in [4.78, 5) is 11.0. The largest absolute Gasteiger partial charge is 1.00 e. The van der Waals surface area contributed by atoms with Crippen LogP contribution >= 0.6 is 0 Å². The van der Waals surface area contributed by atoms with E-state index in [2.05, 4.69) is 0 Å². The quantitative estimate of drug-likeness (QED) is 0.470. The fourth-order valence-corrected chi connectivity index (χ4v) is 1.55. The molecule has 0 unspecified atom stereocenters. The van der Waals surface area contributed by atoms with Crippen LogP contribution in [0.3, 0.4) is 0 Å². The van der Waals surface area contributed by atoms with Crippen LogP contribution < -0.4 is 34.3 Å². The summed E-state index contributed by atoms with van der Waals surface area (Å²) >= 11 is 0. The van der Waals surface area contributed by atoms with E-state index in [0.29, 0.717) is 5.56 Å². The number of aromatic nitrogens is 1. The molecule has 0 saturated heterocycles. The monoisotopic (exact) mass is 314 g/mol. The van der Waals surface area contributed by atoms with E-state index in [1.165, 1.54) is 0 Å². The summed E-state index contributed by atoms with van der Waals surface area (Å²) in [5.41, 5.74) is 6.84. The van der Waals surface area contributed by atoms with Gasteiger partial charge in [0.2, 0.25) is 5.52 Å². The van der Waals surface area contributed by atoms with Gasteiger partial charge in [-0.2, -0.15) is 0 Å². The number of carbonyl (C=O) groups excluding carboxylic acids is 1. The highest BCUT2D eigenvalue weighted by atomic mass is 127. The normalized spacial score (nSPS) is 9.67. The van der Waals surface area contributed by atoms with Gasteiger partial charge in [0.1, 0.15) is 12.6 Å². The smallest absolute Gasteiger partial charge is 0.254 e. The van der Waals surface area contributed by atoms with E-state index >= 15 is 0 Å². The first-order valence-electron chi connectivity index (χ1n) is 4.37. The first-order chi connectivity index (χ1) is 6.68. The van der Waals surface area contributed by atoms with Crippen LogP contribution in [-0.2, 0) is 7.05 Å². The number of carbonyl (C=O) groups is 1. The Morgan fingerprint density at radius 3 is 2.67 bits per heavy atom. The third kappa shape index (κ3) is 2.26. The number of fused-ring (bicyclic) bond motifs is 1. The zero-order valence-corrected chi connectivity index (χ0v) is 10.4. The Bertz CT molecular complexity index is 511. The molecule has 2 rings (SSSR count). The topological polar surface area (TPSA) is 47.0 Å². The number of hydrogen-bond donors (Lipinski definition) is 1. The number of hydrogen-bond acceptors (Lipinski definition) is 1. The predicted molar refractivity (Wildman–Crippen MR) is 53.6 cm³/mol. The number of amides is 1. The van der Waals surface area contributed by atoms with Crippen LogP contribution in [0.1, 0.15) is 10.4 Å². The van der Waals surface area contributed by atoms with Crippen molar-refractivity contribution in [1.29, 1.82) is 0 Å².